The van der Waals surface area contributed by atoms with E-state index in [1.807, 2.05) is 0 Å². The van der Waals surface area contributed by atoms with Gasteiger partial charge in [0, 0.05) is 13.0 Å². The molecule has 2 rings (SSSR count). The van der Waals surface area contributed by atoms with Gasteiger partial charge in [-0.2, -0.15) is 0 Å². The van der Waals surface area contributed by atoms with E-state index >= 15 is 0 Å². The number of halogens is 1. The van der Waals surface area contributed by atoms with Gasteiger partial charge < -0.3 is 5.32 Å². The molecule has 0 radical (unpaired) electrons. The highest BCUT2D eigenvalue weighted by atomic mass is 32.1. The zero-order valence-electron chi connectivity index (χ0n) is 8.57. The van der Waals surface area contributed by atoms with Crippen LogP contribution in [0.1, 0.15) is 12.0 Å². The lowest BCUT2D eigenvalue weighted by molar-refractivity contribution is -0.128. The SMILES string of the molecule is O=C1CCNC(=S)N1Cc1ccc(F)cc1. The molecule has 0 aliphatic carbocycles. The first-order valence-corrected chi connectivity index (χ1v) is 5.40. The highest BCUT2D eigenvalue weighted by Crippen LogP contribution is 2.10. The van der Waals surface area contributed by atoms with Crippen molar-refractivity contribution in [3.63, 3.8) is 0 Å². The molecular formula is C11H11FN2OS. The Kier molecular flexibility index (Phi) is 3.14. The number of carbonyl (C=O) groups is 1. The van der Waals surface area contributed by atoms with Gasteiger partial charge in [0.1, 0.15) is 5.82 Å². The summed E-state index contributed by atoms with van der Waals surface area (Å²) in [6.07, 6.45) is 0.446. The lowest BCUT2D eigenvalue weighted by Crippen LogP contribution is -2.49. The fraction of sp³-hybridized carbons (Fsp3) is 0.273. The molecule has 1 aliphatic heterocycles. The summed E-state index contributed by atoms with van der Waals surface area (Å²) in [6.45, 7) is 0.989. The van der Waals surface area contributed by atoms with Crippen molar-refractivity contribution in [1.29, 1.82) is 0 Å². The molecule has 1 aliphatic rings. The summed E-state index contributed by atoms with van der Waals surface area (Å²) in [5.74, 6) is -0.275. The van der Waals surface area contributed by atoms with Crippen molar-refractivity contribution in [3.8, 4) is 0 Å². The third-order valence-corrected chi connectivity index (χ3v) is 2.78. The molecule has 0 atom stereocenters. The summed E-state index contributed by atoms with van der Waals surface area (Å²) in [4.78, 5) is 13.1. The lowest BCUT2D eigenvalue weighted by Gasteiger charge is -2.28. The normalized spacial score (nSPS) is 16.2. The summed E-state index contributed by atoms with van der Waals surface area (Å²) in [6, 6.07) is 6.06. The number of carbonyl (C=O) groups excluding carboxylic acids is 1. The lowest BCUT2D eigenvalue weighted by atomic mass is 10.2. The van der Waals surface area contributed by atoms with Gasteiger partial charge in [0.25, 0.3) is 0 Å². The van der Waals surface area contributed by atoms with Gasteiger partial charge >= 0.3 is 0 Å². The molecule has 3 nitrogen and oxygen atoms in total. The van der Waals surface area contributed by atoms with Crippen LogP contribution in [0.25, 0.3) is 0 Å². The second kappa shape index (κ2) is 4.57. The van der Waals surface area contributed by atoms with Crippen LogP contribution in [0.3, 0.4) is 0 Å². The number of hydrogen-bond acceptors (Lipinski definition) is 2. The summed E-state index contributed by atoms with van der Waals surface area (Å²) >= 11 is 5.05. The predicted molar refractivity (Wildman–Crippen MR) is 62.2 cm³/mol. The molecule has 5 heteroatoms. The fourth-order valence-corrected chi connectivity index (χ4v) is 1.82. The molecule has 16 heavy (non-hydrogen) atoms. The maximum Gasteiger partial charge on any atom is 0.230 e. The summed E-state index contributed by atoms with van der Waals surface area (Å²) < 4.78 is 12.7. The van der Waals surface area contributed by atoms with E-state index in [-0.39, 0.29) is 11.7 Å². The number of hydrogen-bond donors (Lipinski definition) is 1. The number of nitrogens with one attached hydrogen (secondary N) is 1. The van der Waals surface area contributed by atoms with Gasteiger partial charge in [0.2, 0.25) is 5.91 Å². The number of nitrogens with zero attached hydrogens (tertiary/aromatic N) is 1. The molecular weight excluding hydrogens is 227 g/mol. The average Bonchev–Trinajstić information content (AvgIpc) is 2.26. The van der Waals surface area contributed by atoms with Crippen molar-refractivity contribution >= 4 is 23.2 Å². The van der Waals surface area contributed by atoms with Gasteiger partial charge in [-0.1, -0.05) is 12.1 Å². The number of rotatable bonds is 2. The fourth-order valence-electron chi connectivity index (χ4n) is 1.55. The van der Waals surface area contributed by atoms with Crippen molar-refractivity contribution < 1.29 is 9.18 Å². The third kappa shape index (κ3) is 2.36. The zero-order valence-corrected chi connectivity index (χ0v) is 9.39. The van der Waals surface area contributed by atoms with Gasteiger partial charge in [0.05, 0.1) is 6.54 Å². The van der Waals surface area contributed by atoms with Crippen LogP contribution in [-0.2, 0) is 11.3 Å². The average molecular weight is 238 g/mol. The minimum Gasteiger partial charge on any atom is -0.362 e. The van der Waals surface area contributed by atoms with Gasteiger partial charge in [0.15, 0.2) is 5.11 Å². The van der Waals surface area contributed by atoms with E-state index in [0.29, 0.717) is 24.6 Å². The highest BCUT2D eigenvalue weighted by Gasteiger charge is 2.22. The Hall–Kier alpha value is -1.49. The standard InChI is InChI=1S/C11H11FN2OS/c12-9-3-1-8(2-4-9)7-14-10(15)5-6-13-11(14)16/h1-4H,5-7H2,(H,13,16). The van der Waals surface area contributed by atoms with Crippen LogP contribution >= 0.6 is 12.2 Å². The van der Waals surface area contributed by atoms with E-state index in [9.17, 15) is 9.18 Å². The Morgan fingerprint density at radius 1 is 1.38 bits per heavy atom. The smallest absolute Gasteiger partial charge is 0.230 e. The molecule has 0 bridgehead atoms. The first-order valence-electron chi connectivity index (χ1n) is 4.99. The first kappa shape index (κ1) is 11.0. The van der Waals surface area contributed by atoms with E-state index in [0.717, 1.165) is 5.56 Å². The van der Waals surface area contributed by atoms with Crippen LogP contribution in [0.4, 0.5) is 4.39 Å². The maximum atomic E-state index is 12.7. The molecule has 0 saturated carbocycles. The zero-order chi connectivity index (χ0) is 11.5. The van der Waals surface area contributed by atoms with Crippen LogP contribution in [0, 0.1) is 5.82 Å². The van der Waals surface area contributed by atoms with Gasteiger partial charge in [-0.05, 0) is 29.9 Å². The molecule has 1 fully saturated rings. The molecule has 1 heterocycles. The molecule has 0 aromatic heterocycles. The van der Waals surface area contributed by atoms with E-state index in [4.69, 9.17) is 12.2 Å². The molecule has 84 valence electrons. The highest BCUT2D eigenvalue weighted by molar-refractivity contribution is 7.80. The molecule has 1 amide bonds. The number of amides is 1. The molecule has 1 saturated heterocycles. The minimum absolute atomic E-state index is 0.00748. The Morgan fingerprint density at radius 3 is 2.69 bits per heavy atom. The van der Waals surface area contributed by atoms with E-state index in [1.54, 1.807) is 12.1 Å². The summed E-state index contributed by atoms with van der Waals surface area (Å²) in [5.41, 5.74) is 0.862. The van der Waals surface area contributed by atoms with Gasteiger partial charge in [-0.3, -0.25) is 9.69 Å². The Bertz CT molecular complexity index is 402. The van der Waals surface area contributed by atoms with E-state index in [2.05, 4.69) is 5.32 Å². The Labute approximate surface area is 98.2 Å². The second-order valence-electron chi connectivity index (χ2n) is 3.59. The number of thiocarbonyl (C=S) groups is 1. The third-order valence-electron chi connectivity index (χ3n) is 2.42. The quantitative estimate of drug-likeness (QED) is 0.791. The predicted octanol–water partition coefficient (Wildman–Crippen LogP) is 1.43. The molecule has 0 unspecified atom stereocenters. The van der Waals surface area contributed by atoms with Gasteiger partial charge in [-0.15, -0.1) is 0 Å². The van der Waals surface area contributed by atoms with E-state index < -0.39 is 0 Å². The molecule has 0 spiro atoms. The van der Waals surface area contributed by atoms with Crippen molar-refractivity contribution in [2.75, 3.05) is 6.54 Å². The van der Waals surface area contributed by atoms with Crippen LogP contribution in [0.2, 0.25) is 0 Å². The summed E-state index contributed by atoms with van der Waals surface area (Å²) in [7, 11) is 0. The van der Waals surface area contributed by atoms with Crippen molar-refractivity contribution in [2.45, 2.75) is 13.0 Å². The van der Waals surface area contributed by atoms with Crippen LogP contribution in [0.15, 0.2) is 24.3 Å². The number of benzene rings is 1. The van der Waals surface area contributed by atoms with Gasteiger partial charge in [-0.25, -0.2) is 4.39 Å². The second-order valence-corrected chi connectivity index (χ2v) is 3.97. The van der Waals surface area contributed by atoms with Crippen LogP contribution in [0.5, 0.6) is 0 Å². The molecule has 1 N–H and O–H groups in total. The maximum absolute atomic E-state index is 12.7. The summed E-state index contributed by atoms with van der Waals surface area (Å²) in [5, 5.41) is 3.40. The topological polar surface area (TPSA) is 32.3 Å². The molecule has 1 aromatic carbocycles. The first-order chi connectivity index (χ1) is 7.66. The largest absolute Gasteiger partial charge is 0.362 e. The Morgan fingerprint density at radius 2 is 2.06 bits per heavy atom. The van der Waals surface area contributed by atoms with Crippen LogP contribution < -0.4 is 5.32 Å². The van der Waals surface area contributed by atoms with E-state index in [1.165, 1.54) is 17.0 Å². The van der Waals surface area contributed by atoms with Crippen molar-refractivity contribution in [3.05, 3.63) is 35.6 Å². The van der Waals surface area contributed by atoms with Crippen molar-refractivity contribution in [2.24, 2.45) is 0 Å². The monoisotopic (exact) mass is 238 g/mol. The Balaban J connectivity index is 2.10. The van der Waals surface area contributed by atoms with Crippen LogP contribution in [-0.4, -0.2) is 22.5 Å². The molecule has 1 aromatic rings. The minimum atomic E-state index is -0.283. The van der Waals surface area contributed by atoms with Crippen molar-refractivity contribution in [1.82, 2.24) is 10.2 Å².